The van der Waals surface area contributed by atoms with Gasteiger partial charge >= 0.3 is 54.3 Å². The number of fused-ring (bicyclic) bond motifs is 7. The number of halogens is 9. The minimum absolute atomic E-state index is 0.000606. The molecule has 5 unspecified atom stereocenters. The van der Waals surface area contributed by atoms with Crippen LogP contribution in [0.4, 0.5) is 39.5 Å². The molecule has 0 heterocycles. The van der Waals surface area contributed by atoms with Crippen LogP contribution in [0.3, 0.4) is 0 Å². The Morgan fingerprint density at radius 3 is 1.07 bits per heavy atom. The summed E-state index contributed by atoms with van der Waals surface area (Å²) in [6, 6.07) is 36.2. The topological polar surface area (TPSA) is 351 Å². The number of rotatable bonds is 17. The maximum atomic E-state index is 13.0. The Hall–Kier alpha value is -12.2. The van der Waals surface area contributed by atoms with Crippen LogP contribution in [0, 0.1) is 62.7 Å². The molecule has 7 aliphatic carbocycles. The average Bonchev–Trinajstić information content (AvgIpc) is 0.764. The molecule has 0 saturated heterocycles. The molecule has 30 heteroatoms. The number of phenolic OH excluding ortho intramolecular Hbond substituents is 2. The summed E-state index contributed by atoms with van der Waals surface area (Å²) in [7, 11) is 0. The summed E-state index contributed by atoms with van der Waals surface area (Å²) < 4.78 is 131. The van der Waals surface area contributed by atoms with Crippen LogP contribution in [0.1, 0.15) is 263 Å². The second-order valence-electron chi connectivity index (χ2n) is 33.6. The molecule has 690 valence electrons. The Morgan fingerprint density at radius 2 is 0.698 bits per heavy atom. The average molecular weight is 1800 g/mol. The number of Topliss-reactive ketones (excluding diaryl/α,β-unsaturated/α-hetero) is 7. The monoisotopic (exact) mass is 1800 g/mol. The Bertz CT molecular complexity index is 5330. The Kier molecular flexibility index (Phi) is 35.0. The largest absolute Gasteiger partial charge is 0.508 e. The van der Waals surface area contributed by atoms with E-state index in [2.05, 4.69) is 19.1 Å². The molecular weight excluding hydrogens is 1700 g/mol. The fourth-order valence-corrected chi connectivity index (χ4v) is 17.6. The molecule has 21 nitrogen and oxygen atoms in total. The molecule has 0 saturated carbocycles. The van der Waals surface area contributed by atoms with Gasteiger partial charge in [-0.3, -0.25) is 57.5 Å². The third kappa shape index (κ3) is 28.4. The summed E-state index contributed by atoms with van der Waals surface area (Å²) in [6.07, 6.45) is -11.2. The maximum absolute atomic E-state index is 13.0. The number of hydrogen-bond donors (Lipinski definition) is 5. The number of hydrogen-bond acceptors (Lipinski definition) is 18. The molecule has 0 spiro atoms. The first-order chi connectivity index (χ1) is 60.5. The van der Waals surface area contributed by atoms with Crippen LogP contribution in [-0.4, -0.2) is 140 Å². The summed E-state index contributed by atoms with van der Waals surface area (Å²) >= 11 is 0. The smallest absolute Gasteiger partial charge is 0.390 e. The molecule has 7 aromatic rings. The highest BCUT2D eigenvalue weighted by Gasteiger charge is 2.54. The Labute approximate surface area is 740 Å². The third-order valence-electron chi connectivity index (χ3n) is 23.5. The summed E-state index contributed by atoms with van der Waals surface area (Å²) in [5, 5.41) is 45.0. The van der Waals surface area contributed by atoms with Gasteiger partial charge in [-0.15, -0.1) is 0 Å². The number of aliphatic carboxylic acids is 3. The van der Waals surface area contributed by atoms with Crippen molar-refractivity contribution in [2.75, 3.05) is 19.8 Å². The molecule has 129 heavy (non-hydrogen) atoms. The first kappa shape index (κ1) is 102. The number of aryl methyl sites for hydroxylation is 12. The van der Waals surface area contributed by atoms with E-state index >= 15 is 0 Å². The number of allylic oxidation sites excluding steroid dienone is 1. The van der Waals surface area contributed by atoms with Crippen molar-refractivity contribution in [3.8, 4) is 11.5 Å². The van der Waals surface area contributed by atoms with E-state index in [-0.39, 0.29) is 122 Å². The number of ether oxygens (including phenoxy) is 3. The van der Waals surface area contributed by atoms with Gasteiger partial charge in [-0.25, -0.2) is 4.79 Å². The maximum Gasteiger partial charge on any atom is 0.390 e. The molecule has 0 fully saturated rings. The minimum Gasteiger partial charge on any atom is -0.508 e. The number of alkyl halides is 9. The number of carbonyl (C=O) groups excluding carboxylic acids is 10. The Balaban J connectivity index is 0.000000187. The fourth-order valence-electron chi connectivity index (χ4n) is 17.6. The van der Waals surface area contributed by atoms with E-state index in [1.807, 2.05) is 88.4 Å². The van der Waals surface area contributed by atoms with Gasteiger partial charge in [-0.05, 0) is 221 Å². The summed E-state index contributed by atoms with van der Waals surface area (Å²) in [4.78, 5) is 152. The highest BCUT2D eigenvalue weighted by atomic mass is 19.4. The molecule has 7 aliphatic rings. The SMILES string of the molecule is CCOC(=O)CC1(CC(F)(F)F)CCc2cc(C)ccc2C1=O.CCOC(=O)CC1(CC(F)(F)F)CCc2cc(O)ccc2C1=O.CCOC(=O)CC1CCc2cc(C)ccc2C1=O.Cc1ccc2c(c1)CC/C(=C\C(=O)O)C2=O.Cc1ccc2c(c1)CCC(CC(=O)O)C2=O.Cc1ccc2c(c1)CCCC2=O.O=C(O)CC1(CC(F)(F)F)CCc2cc(O)ccc2C1=O. The van der Waals surface area contributed by atoms with Crippen LogP contribution in [-0.2, 0) is 87.9 Å². The van der Waals surface area contributed by atoms with Gasteiger partial charge in [0, 0.05) is 68.8 Å². The molecule has 14 rings (SSSR count). The van der Waals surface area contributed by atoms with Crippen LogP contribution < -0.4 is 0 Å². The molecule has 0 amide bonds. The second kappa shape index (κ2) is 44.2. The van der Waals surface area contributed by atoms with Crippen molar-refractivity contribution < 1.29 is 142 Å². The number of aromatic hydroxyl groups is 2. The van der Waals surface area contributed by atoms with E-state index in [0.717, 1.165) is 101 Å². The zero-order valence-corrected chi connectivity index (χ0v) is 72.9. The molecule has 0 bridgehead atoms. The van der Waals surface area contributed by atoms with Crippen LogP contribution in [0.25, 0.3) is 0 Å². The molecule has 5 atom stereocenters. The standard InChI is InChI=1S/C17H19F3O3.C16H17F3O4.C15H18O3.C14H13F3O4.C13H14O3.C13H12O3.C11H12O/c1-3-23-14(21)9-16(10-17(18,19)20)7-6-12-8-11(2)4-5-13(12)15(16)22;1-2-23-13(21)8-15(9-16(17,18)19)6-5-10-7-11(20)3-4-12(10)14(15)22;1-3-18-14(16)9-12-6-5-11-8-10(2)4-7-13(11)15(12)17;15-14(16,17)7-13(6-11(19)20)4-3-8-5-9(18)1-2-10(8)12(13)21;2*1-8-2-5-11-9(6-8)3-4-10(13(11)16)7-12(14)15;1-8-5-6-10-9(7-8)3-2-4-11(10)12/h4-5,8H,3,6-7,9-10H2,1-2H3;3-4,7,20H,2,5-6,8-9H2,1H3;4,7-8,12H,3,5-6,9H2,1-2H3;1-2,5,18H,3-4,6-7H2,(H,19,20);2,5-6,10H,3-4,7H2,1H3,(H,14,15);2,5-7H,3-4H2,1H3,(H,14,15);5-7H,2-4H2,1H3/b;;;;;10-7+;. The van der Waals surface area contributed by atoms with E-state index in [0.29, 0.717) is 59.5 Å². The fraction of sp³-hybridized carbons (Fsp3) is 0.424. The normalized spacial score (nSPS) is 19.6. The van der Waals surface area contributed by atoms with Gasteiger partial charge in [0.1, 0.15) is 11.5 Å². The highest BCUT2D eigenvalue weighted by molar-refractivity contribution is 6.13. The highest BCUT2D eigenvalue weighted by Crippen LogP contribution is 2.50. The lowest BCUT2D eigenvalue weighted by Gasteiger charge is -2.36. The van der Waals surface area contributed by atoms with E-state index in [1.165, 1.54) is 53.1 Å². The van der Waals surface area contributed by atoms with Crippen molar-refractivity contribution >= 4 is 76.3 Å². The lowest BCUT2D eigenvalue weighted by atomic mass is 9.66. The first-order valence-corrected chi connectivity index (χ1v) is 42.5. The zero-order chi connectivity index (χ0) is 95.4. The molecule has 5 N–H and O–H groups in total. The third-order valence-corrected chi connectivity index (χ3v) is 23.5. The number of carboxylic acids is 3. The molecule has 0 radical (unpaired) electrons. The minimum atomic E-state index is -4.63. The van der Waals surface area contributed by atoms with Crippen LogP contribution in [0.15, 0.2) is 139 Å². The number of benzene rings is 7. The number of carboxylic acid groups (broad SMARTS) is 3. The first-order valence-electron chi connectivity index (χ1n) is 42.5. The summed E-state index contributed by atoms with van der Waals surface area (Å²) in [5.74, 6) is -7.81. The lowest BCUT2D eigenvalue weighted by Crippen LogP contribution is -2.42. The number of phenols is 2. The van der Waals surface area contributed by atoms with Crippen molar-refractivity contribution in [3.05, 3.63) is 245 Å². The van der Waals surface area contributed by atoms with E-state index in [4.69, 9.17) is 29.5 Å². The predicted octanol–water partition coefficient (Wildman–Crippen LogP) is 19.9. The second-order valence-corrected chi connectivity index (χ2v) is 33.6. The quantitative estimate of drug-likeness (QED) is 0.0245. The van der Waals surface area contributed by atoms with Crippen molar-refractivity contribution in [1.82, 2.24) is 0 Å². The summed E-state index contributed by atoms with van der Waals surface area (Å²) in [6.45, 7) is 15.3. The molecule has 0 aromatic heterocycles. The van der Waals surface area contributed by atoms with Gasteiger partial charge in [-0.1, -0.05) is 119 Å². The van der Waals surface area contributed by atoms with Crippen molar-refractivity contribution in [2.45, 2.75) is 222 Å². The number of esters is 3. The predicted molar refractivity (Wildman–Crippen MR) is 456 cm³/mol. The van der Waals surface area contributed by atoms with Gasteiger partial charge in [0.2, 0.25) is 0 Å². The van der Waals surface area contributed by atoms with E-state index in [1.54, 1.807) is 39.0 Å². The van der Waals surface area contributed by atoms with Gasteiger partial charge in [0.25, 0.3) is 0 Å². The van der Waals surface area contributed by atoms with Gasteiger partial charge < -0.3 is 39.7 Å². The van der Waals surface area contributed by atoms with Gasteiger partial charge in [-0.2, -0.15) is 39.5 Å². The summed E-state index contributed by atoms with van der Waals surface area (Å²) in [5.41, 5.74) is 10.2. The Morgan fingerprint density at radius 1 is 0.372 bits per heavy atom. The van der Waals surface area contributed by atoms with Gasteiger partial charge in [0.15, 0.2) is 40.5 Å². The molecule has 0 aliphatic heterocycles. The van der Waals surface area contributed by atoms with Crippen molar-refractivity contribution in [1.29, 1.82) is 0 Å². The van der Waals surface area contributed by atoms with Crippen LogP contribution in [0.5, 0.6) is 11.5 Å². The molecular formula is C99H105F9O21. The van der Waals surface area contributed by atoms with Crippen molar-refractivity contribution in [3.63, 3.8) is 0 Å². The van der Waals surface area contributed by atoms with E-state index in [9.17, 15) is 112 Å². The van der Waals surface area contributed by atoms with Crippen LogP contribution in [0.2, 0.25) is 0 Å². The van der Waals surface area contributed by atoms with Crippen LogP contribution >= 0.6 is 0 Å². The zero-order valence-electron chi connectivity index (χ0n) is 72.9. The van der Waals surface area contributed by atoms with Crippen molar-refractivity contribution in [2.24, 2.45) is 28.1 Å². The van der Waals surface area contributed by atoms with Gasteiger partial charge in [0.05, 0.1) is 87.4 Å². The number of carbonyl (C=O) groups is 13. The van der Waals surface area contributed by atoms with E-state index < -0.39 is 120 Å². The number of ketones is 7. The lowest BCUT2D eigenvalue weighted by molar-refractivity contribution is -0.163. The molecule has 7 aromatic carbocycles.